The maximum absolute atomic E-state index is 12.6. The molecule has 5 N–H and O–H groups in total. The molecule has 0 radical (unpaired) electrons. The first-order valence-corrected chi connectivity index (χ1v) is 28.4. The molecule has 2 unspecified atom stereocenters. The highest BCUT2D eigenvalue weighted by Crippen LogP contribution is 2.51. The zero-order chi connectivity index (χ0) is 51.7. The van der Waals surface area contributed by atoms with Gasteiger partial charge in [-0.25, -0.2) is 0 Å². The van der Waals surface area contributed by atoms with Gasteiger partial charge in [-0.3, -0.25) is 37.5 Å². The molecule has 2 aromatic carbocycles. The minimum atomic E-state index is -4.65. The van der Waals surface area contributed by atoms with E-state index in [2.05, 4.69) is 5.32 Å². The number of rotatable bonds is 26. The largest absolute Gasteiger partial charge is 0.383 e. The summed E-state index contributed by atoms with van der Waals surface area (Å²) in [6.07, 6.45) is 16.6. The van der Waals surface area contributed by atoms with E-state index in [0.29, 0.717) is 66.3 Å². The van der Waals surface area contributed by atoms with Crippen molar-refractivity contribution in [2.75, 3.05) is 56.3 Å². The third kappa shape index (κ3) is 14.2. The molecule has 2 atom stereocenters. The van der Waals surface area contributed by atoms with Gasteiger partial charge in [-0.15, -0.1) is 0 Å². The smallest absolute Gasteiger partial charge is 0.294 e. The van der Waals surface area contributed by atoms with E-state index in [1.165, 1.54) is 31.4 Å². The fraction of sp³-hybridized carbons (Fsp3) is 0.435. The van der Waals surface area contributed by atoms with Gasteiger partial charge in [-0.05, 0) is 94.3 Å². The minimum Gasteiger partial charge on any atom is -0.383 e. The number of nitrogens with zero attached hydrogens (tertiary/aromatic N) is 3. The Bertz CT molecular complexity index is 2980. The molecule has 0 bridgehead atoms. The molecule has 382 valence electrons. The number of allylic oxidation sites excluding steroid dienone is 8. The third-order valence-electron chi connectivity index (χ3n) is 12.5. The Balaban J connectivity index is 1.42. The third-order valence-corrected chi connectivity index (χ3v) is 15.8. The van der Waals surface area contributed by atoms with E-state index in [0.717, 1.165) is 17.1 Å². The van der Waals surface area contributed by atoms with Crippen molar-refractivity contribution in [3.8, 4) is 0 Å². The highest BCUT2D eigenvalue weighted by molar-refractivity contribution is 7.86. The van der Waals surface area contributed by atoms with Crippen LogP contribution in [0, 0.1) is 0 Å². The number of ether oxygens (including phenoxy) is 1. The van der Waals surface area contributed by atoms with Crippen LogP contribution in [-0.4, -0.2) is 136 Å². The number of unbranched alkanes of at least 4 members (excludes halogenated alkanes) is 2. The maximum Gasteiger partial charge on any atom is 0.294 e. The van der Waals surface area contributed by atoms with Crippen molar-refractivity contribution < 1.29 is 75.6 Å². The lowest BCUT2D eigenvalue weighted by Crippen LogP contribution is -2.38. The molecule has 5 rings (SSSR count). The molecule has 3 aliphatic rings. The summed E-state index contributed by atoms with van der Waals surface area (Å²) >= 11 is 0. The summed E-state index contributed by atoms with van der Waals surface area (Å²) in [5, 5.41) is 2.71. The van der Waals surface area contributed by atoms with Crippen LogP contribution >= 0.6 is 0 Å². The molecule has 2 aromatic rings. The number of benzene rings is 2. The number of hydrogen-bond donors (Lipinski definition) is 5. The standard InChI is InChI=1S/C46H58N4O16S4/c1-45(23-12-30-67(54,55)56)36-32-34(69(60,61)62)17-19-38(36)48(26-11-7-10-16-42(51)47-25-27-50-43(52)21-22-44(50)53)40(45)14-8-5-4-6-9-15-41-46(2,24-13-31-68(57,58)59)37-33-35(70(63,64)65)18-20-39(37)49(41)28-29-66-3/h4-6,8-9,14-15,17-22,32-33H,7,10-13,16,23-31H2,1-3H3,(H4-,47,51,54,55,56,57,58,59,60,61,62,63,64,65)/p+1. The molecular formula is C46H59N4O16S4+. The Labute approximate surface area is 409 Å². The number of hydrogen-bond acceptors (Lipinski definition) is 13. The van der Waals surface area contributed by atoms with Crippen LogP contribution < -0.4 is 10.2 Å². The summed E-state index contributed by atoms with van der Waals surface area (Å²) in [7, 11) is -16.4. The molecule has 0 aliphatic carbocycles. The van der Waals surface area contributed by atoms with Gasteiger partial charge >= 0.3 is 0 Å². The van der Waals surface area contributed by atoms with Gasteiger partial charge in [0.15, 0.2) is 5.71 Å². The average Bonchev–Trinajstić information content (AvgIpc) is 3.79. The van der Waals surface area contributed by atoms with Crippen LogP contribution in [0.3, 0.4) is 0 Å². The van der Waals surface area contributed by atoms with Crippen molar-refractivity contribution in [3.05, 3.63) is 108 Å². The predicted octanol–water partition coefficient (Wildman–Crippen LogP) is 4.45. The number of carbonyl (C=O) groups is 3. The first kappa shape index (κ1) is 55.7. The van der Waals surface area contributed by atoms with Gasteiger partial charge in [0.1, 0.15) is 6.54 Å². The second kappa shape index (κ2) is 22.9. The summed E-state index contributed by atoms with van der Waals surface area (Å²) in [5.74, 6) is -2.25. The van der Waals surface area contributed by atoms with E-state index in [1.54, 1.807) is 54.7 Å². The lowest BCUT2D eigenvalue weighted by Gasteiger charge is -2.30. The van der Waals surface area contributed by atoms with Gasteiger partial charge < -0.3 is 15.0 Å². The molecule has 70 heavy (non-hydrogen) atoms. The van der Waals surface area contributed by atoms with E-state index in [9.17, 15) is 66.3 Å². The van der Waals surface area contributed by atoms with Crippen molar-refractivity contribution in [1.29, 1.82) is 0 Å². The van der Waals surface area contributed by atoms with Gasteiger partial charge in [-0.1, -0.05) is 30.4 Å². The zero-order valence-electron chi connectivity index (χ0n) is 38.9. The Morgan fingerprint density at radius 2 is 1.27 bits per heavy atom. The highest BCUT2D eigenvalue weighted by Gasteiger charge is 2.48. The maximum atomic E-state index is 12.6. The van der Waals surface area contributed by atoms with Crippen molar-refractivity contribution >= 4 is 75.3 Å². The molecule has 0 saturated carbocycles. The number of nitrogens with one attached hydrogen (secondary N) is 1. The fourth-order valence-electron chi connectivity index (χ4n) is 9.06. The molecule has 0 saturated heterocycles. The number of methoxy groups -OCH3 is 1. The lowest BCUT2D eigenvalue weighted by molar-refractivity contribution is -0.438. The van der Waals surface area contributed by atoms with Gasteiger partial charge in [-0.2, -0.15) is 38.2 Å². The first-order valence-electron chi connectivity index (χ1n) is 22.3. The summed E-state index contributed by atoms with van der Waals surface area (Å²) in [4.78, 5) is 38.4. The van der Waals surface area contributed by atoms with Crippen LogP contribution in [0.15, 0.2) is 107 Å². The quantitative estimate of drug-likeness (QED) is 0.0286. The number of amides is 3. The normalized spacial score (nSPS) is 20.4. The molecule has 20 nitrogen and oxygen atoms in total. The monoisotopic (exact) mass is 1050 g/mol. The molecule has 3 aliphatic heterocycles. The molecular weight excluding hydrogens is 993 g/mol. The Morgan fingerprint density at radius 1 is 0.700 bits per heavy atom. The van der Waals surface area contributed by atoms with Crippen LogP contribution in [0.25, 0.3) is 0 Å². The Morgan fingerprint density at radius 3 is 1.87 bits per heavy atom. The van der Waals surface area contributed by atoms with Gasteiger partial charge in [0.25, 0.3) is 52.3 Å². The molecule has 3 heterocycles. The van der Waals surface area contributed by atoms with Crippen LogP contribution in [0.4, 0.5) is 11.4 Å². The second-order valence-electron chi connectivity index (χ2n) is 17.4. The van der Waals surface area contributed by atoms with Crippen molar-refractivity contribution in [1.82, 2.24) is 10.2 Å². The minimum absolute atomic E-state index is 0.00781. The Hall–Kier alpha value is -5.18. The van der Waals surface area contributed by atoms with E-state index >= 15 is 0 Å². The van der Waals surface area contributed by atoms with Gasteiger partial charge in [0.2, 0.25) is 11.6 Å². The predicted molar refractivity (Wildman–Crippen MR) is 260 cm³/mol. The molecule has 3 amide bonds. The molecule has 0 fully saturated rings. The van der Waals surface area contributed by atoms with E-state index in [-0.39, 0.29) is 67.5 Å². The fourth-order valence-corrected chi connectivity index (χ4v) is 11.1. The second-order valence-corrected chi connectivity index (χ2v) is 23.4. The van der Waals surface area contributed by atoms with Crippen LogP contribution in [0.1, 0.15) is 76.3 Å². The van der Waals surface area contributed by atoms with Crippen LogP contribution in [-0.2, 0) is 70.4 Å². The zero-order valence-corrected chi connectivity index (χ0v) is 42.2. The Kier molecular flexibility index (Phi) is 18.3. The van der Waals surface area contributed by atoms with Crippen molar-refractivity contribution in [2.45, 2.75) is 85.8 Å². The van der Waals surface area contributed by atoms with Crippen LogP contribution in [0.5, 0.6) is 0 Å². The highest BCUT2D eigenvalue weighted by atomic mass is 32.2. The first-order chi connectivity index (χ1) is 32.7. The molecule has 24 heteroatoms. The van der Waals surface area contributed by atoms with Crippen molar-refractivity contribution in [3.63, 3.8) is 0 Å². The lowest BCUT2D eigenvalue weighted by atomic mass is 9.76. The summed E-state index contributed by atoms with van der Waals surface area (Å²) in [6, 6.07) is 8.34. The number of carbonyl (C=O) groups excluding carboxylic acids is 3. The number of fused-ring (bicyclic) bond motifs is 2. The van der Waals surface area contributed by atoms with E-state index < -0.39 is 74.6 Å². The average molecular weight is 1050 g/mol. The number of anilines is 1. The summed E-state index contributed by atoms with van der Waals surface area (Å²) < 4.78 is 142. The molecule has 0 spiro atoms. The van der Waals surface area contributed by atoms with Crippen molar-refractivity contribution in [2.24, 2.45) is 0 Å². The molecule has 0 aromatic heterocycles. The topological polar surface area (TPSA) is 299 Å². The summed E-state index contributed by atoms with van der Waals surface area (Å²) in [6.45, 7) is 4.74. The van der Waals surface area contributed by atoms with Gasteiger partial charge in [0, 0.05) is 86.2 Å². The van der Waals surface area contributed by atoms with E-state index in [1.807, 2.05) is 23.3 Å². The van der Waals surface area contributed by atoms with Gasteiger partial charge in [0.05, 0.1) is 33.3 Å². The number of imide groups is 1. The van der Waals surface area contributed by atoms with Crippen LogP contribution in [0.2, 0.25) is 0 Å². The SMILES string of the molecule is COCCN1/C(=C/C=C/C=C/C=C/C2=[N+](CCCCCC(=O)NCCN3C(=O)C=CC3=O)c3ccc(S(=O)(=O)O)cc3C2(C)CCCS(=O)(=O)O)C(C)(CCCS(=O)(=O)O)c2cc(S(=O)(=O)O)ccc21. The summed E-state index contributed by atoms with van der Waals surface area (Å²) in [5.41, 5.74) is 1.53. The van der Waals surface area contributed by atoms with E-state index in [4.69, 9.17) is 4.74 Å².